The van der Waals surface area contributed by atoms with E-state index >= 15 is 0 Å². The lowest BCUT2D eigenvalue weighted by Gasteiger charge is -2.18. The van der Waals surface area contributed by atoms with Crippen molar-refractivity contribution in [2.45, 2.75) is 42.4 Å². The molecule has 0 amide bonds. The molecule has 0 aliphatic rings. The zero-order chi connectivity index (χ0) is 22.1. The van der Waals surface area contributed by atoms with Crippen molar-refractivity contribution >= 4 is 31.2 Å². The van der Waals surface area contributed by atoms with Gasteiger partial charge in [-0.15, -0.1) is 0 Å². The molecule has 10 heteroatoms. The molecular formula is C20H24ClN2O5PS. The smallest absolute Gasteiger partial charge is 0.488 e. The Morgan fingerprint density at radius 3 is 2.70 bits per heavy atom. The first-order chi connectivity index (χ1) is 14.3. The van der Waals surface area contributed by atoms with E-state index in [9.17, 15) is 14.6 Å². The number of nitrogens with zero attached hydrogens (tertiary/aromatic N) is 1. The SMILES string of the molecule is CCCC(CCc1ccc(Sc2cc(C#N)ccc2O)cc1Cl)COP(=O)(O)ON. The van der Waals surface area contributed by atoms with E-state index in [0.29, 0.717) is 21.9 Å². The van der Waals surface area contributed by atoms with Gasteiger partial charge in [-0.05, 0) is 61.1 Å². The highest BCUT2D eigenvalue weighted by Crippen LogP contribution is 2.42. The summed E-state index contributed by atoms with van der Waals surface area (Å²) < 4.78 is 20.3. The molecule has 2 aromatic carbocycles. The van der Waals surface area contributed by atoms with E-state index in [1.165, 1.54) is 17.8 Å². The monoisotopic (exact) mass is 470 g/mol. The summed E-state index contributed by atoms with van der Waals surface area (Å²) in [7, 11) is -4.20. The molecule has 0 spiro atoms. The third kappa shape index (κ3) is 7.60. The summed E-state index contributed by atoms with van der Waals surface area (Å²) in [4.78, 5) is 10.7. The minimum atomic E-state index is -4.20. The molecule has 0 aromatic heterocycles. The number of hydrogen-bond donors (Lipinski definition) is 3. The minimum absolute atomic E-state index is 0.0569. The molecule has 162 valence electrons. The summed E-state index contributed by atoms with van der Waals surface area (Å²) in [5.74, 6) is 4.92. The zero-order valence-corrected chi connectivity index (χ0v) is 18.9. The molecule has 7 nitrogen and oxygen atoms in total. The molecule has 30 heavy (non-hydrogen) atoms. The van der Waals surface area contributed by atoms with Crippen LogP contribution in [0, 0.1) is 17.2 Å². The van der Waals surface area contributed by atoms with Crippen molar-refractivity contribution in [3.8, 4) is 11.8 Å². The van der Waals surface area contributed by atoms with Crippen molar-refractivity contribution < 1.29 is 23.7 Å². The molecular weight excluding hydrogens is 447 g/mol. The molecule has 0 saturated heterocycles. The van der Waals surface area contributed by atoms with Crippen LogP contribution in [-0.4, -0.2) is 16.6 Å². The topological polar surface area (TPSA) is 126 Å². The normalized spacial score (nSPS) is 14.1. The van der Waals surface area contributed by atoms with Crippen LogP contribution in [0.25, 0.3) is 0 Å². The predicted octanol–water partition coefficient (Wildman–Crippen LogP) is 5.42. The molecule has 0 radical (unpaired) electrons. The second kappa shape index (κ2) is 11.7. The molecule has 2 unspecified atom stereocenters. The van der Waals surface area contributed by atoms with Crippen molar-refractivity contribution in [1.29, 1.82) is 5.26 Å². The first-order valence-electron chi connectivity index (χ1n) is 9.33. The summed E-state index contributed by atoms with van der Waals surface area (Å²) >= 11 is 7.77. The summed E-state index contributed by atoms with van der Waals surface area (Å²) in [5, 5.41) is 19.6. The maximum atomic E-state index is 11.4. The Balaban J connectivity index is 2.02. The lowest BCUT2D eigenvalue weighted by molar-refractivity contribution is 0.127. The number of phenolic OH excluding ortho intramolecular Hbond substituents is 1. The first kappa shape index (κ1) is 24.7. The van der Waals surface area contributed by atoms with Crippen molar-refractivity contribution in [3.05, 3.63) is 52.5 Å². The van der Waals surface area contributed by atoms with Gasteiger partial charge in [0.05, 0.1) is 23.1 Å². The quantitative estimate of drug-likeness (QED) is 0.293. The third-order valence-corrected chi connectivity index (χ3v) is 6.60. The number of nitriles is 1. The summed E-state index contributed by atoms with van der Waals surface area (Å²) in [6.07, 6.45) is 3.12. The Morgan fingerprint density at radius 1 is 1.30 bits per heavy atom. The fourth-order valence-electron chi connectivity index (χ4n) is 2.90. The summed E-state index contributed by atoms with van der Waals surface area (Å²) in [6.45, 7) is 2.10. The van der Waals surface area contributed by atoms with Crippen LogP contribution in [0.15, 0.2) is 46.2 Å². The highest BCUT2D eigenvalue weighted by atomic mass is 35.5. The van der Waals surface area contributed by atoms with Gasteiger partial charge in [0.25, 0.3) is 0 Å². The Bertz CT molecular complexity index is 953. The molecule has 0 saturated carbocycles. The van der Waals surface area contributed by atoms with E-state index < -0.39 is 7.82 Å². The minimum Gasteiger partial charge on any atom is -0.507 e. The molecule has 2 aromatic rings. The number of phenols is 1. The van der Waals surface area contributed by atoms with Crippen molar-refractivity contribution in [1.82, 2.24) is 0 Å². The van der Waals surface area contributed by atoms with E-state index in [2.05, 4.69) is 10.7 Å². The summed E-state index contributed by atoms with van der Waals surface area (Å²) in [5.41, 5.74) is 1.41. The molecule has 2 rings (SSSR count). The van der Waals surface area contributed by atoms with Gasteiger partial charge in [0, 0.05) is 9.92 Å². The van der Waals surface area contributed by atoms with Crippen LogP contribution in [0.1, 0.15) is 37.3 Å². The van der Waals surface area contributed by atoms with Gasteiger partial charge >= 0.3 is 7.82 Å². The number of aromatic hydroxyl groups is 1. The van der Waals surface area contributed by atoms with Gasteiger partial charge in [-0.1, -0.05) is 42.8 Å². The third-order valence-electron chi connectivity index (χ3n) is 4.47. The van der Waals surface area contributed by atoms with E-state index in [1.54, 1.807) is 12.1 Å². The van der Waals surface area contributed by atoms with Crippen LogP contribution in [0.3, 0.4) is 0 Å². The second-order valence-corrected chi connectivity index (χ2v) is 9.64. The molecule has 4 N–H and O–H groups in total. The van der Waals surface area contributed by atoms with E-state index in [4.69, 9.17) is 27.3 Å². The molecule has 2 atom stereocenters. The lowest BCUT2D eigenvalue weighted by atomic mass is 9.96. The Morgan fingerprint density at radius 2 is 2.07 bits per heavy atom. The van der Waals surface area contributed by atoms with Gasteiger partial charge in [0.1, 0.15) is 5.75 Å². The number of aryl methyl sites for hydroxylation is 1. The van der Waals surface area contributed by atoms with Crippen LogP contribution in [0.4, 0.5) is 0 Å². The molecule has 0 bridgehead atoms. The second-order valence-electron chi connectivity index (χ2n) is 6.71. The highest BCUT2D eigenvalue weighted by molar-refractivity contribution is 7.99. The van der Waals surface area contributed by atoms with Gasteiger partial charge in [0.2, 0.25) is 0 Å². The van der Waals surface area contributed by atoms with Crippen molar-refractivity contribution in [2.24, 2.45) is 11.8 Å². The maximum Gasteiger partial charge on any atom is 0.488 e. The van der Waals surface area contributed by atoms with Crippen LogP contribution in [-0.2, 0) is 20.1 Å². The average Bonchev–Trinajstić information content (AvgIpc) is 2.72. The number of halogens is 1. The van der Waals surface area contributed by atoms with E-state index in [0.717, 1.165) is 29.7 Å². The van der Waals surface area contributed by atoms with Crippen molar-refractivity contribution in [3.63, 3.8) is 0 Å². The highest BCUT2D eigenvalue weighted by Gasteiger charge is 2.22. The van der Waals surface area contributed by atoms with Gasteiger partial charge in [-0.25, -0.2) is 15.1 Å². The number of benzene rings is 2. The standard InChI is InChI=1S/C20H24ClN2O5PS/c1-2-3-14(13-27-29(25,26)28-23)4-6-16-7-8-17(11-18(16)21)30-20-10-15(12-22)5-9-19(20)24/h5,7-11,14,24H,2-4,6,13,23H2,1H3,(H,25,26). The van der Waals surface area contributed by atoms with Gasteiger partial charge < -0.3 is 10.00 Å². The first-order valence-corrected chi connectivity index (χ1v) is 12.0. The van der Waals surface area contributed by atoms with E-state index in [1.807, 2.05) is 25.1 Å². The van der Waals surface area contributed by atoms with Gasteiger partial charge in [0.15, 0.2) is 0 Å². The van der Waals surface area contributed by atoms with Crippen molar-refractivity contribution in [2.75, 3.05) is 6.61 Å². The number of phosphoric acid groups is 1. The molecule has 0 heterocycles. The Kier molecular flexibility index (Phi) is 9.66. The van der Waals surface area contributed by atoms with Crippen LogP contribution < -0.4 is 5.90 Å². The number of nitrogens with two attached hydrogens (primary N) is 1. The maximum absolute atomic E-state index is 11.4. The Hall–Kier alpha value is -1.56. The molecule has 0 fully saturated rings. The fourth-order valence-corrected chi connectivity index (χ4v) is 4.62. The fraction of sp³-hybridized carbons (Fsp3) is 0.350. The van der Waals surface area contributed by atoms with Crippen LogP contribution >= 0.6 is 31.2 Å². The molecule has 0 aliphatic carbocycles. The largest absolute Gasteiger partial charge is 0.507 e. The Labute approximate surface area is 185 Å². The molecule has 0 aliphatic heterocycles. The number of phosphoric ester groups is 1. The van der Waals surface area contributed by atoms with Gasteiger partial charge in [-0.3, -0.25) is 4.52 Å². The predicted molar refractivity (Wildman–Crippen MR) is 116 cm³/mol. The number of rotatable bonds is 11. The summed E-state index contributed by atoms with van der Waals surface area (Å²) in [6, 6.07) is 12.4. The average molecular weight is 471 g/mol. The van der Waals surface area contributed by atoms with E-state index in [-0.39, 0.29) is 18.3 Å². The van der Waals surface area contributed by atoms with Gasteiger partial charge in [-0.2, -0.15) is 5.26 Å². The zero-order valence-electron chi connectivity index (χ0n) is 16.5. The van der Waals surface area contributed by atoms with Crippen LogP contribution in [0.5, 0.6) is 5.75 Å². The van der Waals surface area contributed by atoms with Crippen LogP contribution in [0.2, 0.25) is 5.02 Å². The lowest BCUT2D eigenvalue weighted by Crippen LogP contribution is -2.12. The number of hydrogen-bond acceptors (Lipinski definition) is 7.